The van der Waals surface area contributed by atoms with Crippen molar-refractivity contribution in [3.05, 3.63) is 17.5 Å². The summed E-state index contributed by atoms with van der Waals surface area (Å²) in [4.78, 5) is 17.3. The van der Waals surface area contributed by atoms with Crippen molar-refractivity contribution in [2.75, 3.05) is 6.54 Å². The number of tetrazole rings is 1. The summed E-state index contributed by atoms with van der Waals surface area (Å²) in [6, 6.07) is 4.02. The molecular formula is C18H25N5O2S. The van der Waals surface area contributed by atoms with Gasteiger partial charge in [-0.25, -0.2) is 0 Å². The summed E-state index contributed by atoms with van der Waals surface area (Å²) in [6.45, 7) is 1.31. The van der Waals surface area contributed by atoms with Gasteiger partial charge < -0.3 is 10.0 Å². The zero-order chi connectivity index (χ0) is 18.0. The van der Waals surface area contributed by atoms with E-state index in [1.165, 1.54) is 0 Å². The first-order chi connectivity index (χ1) is 12.6. The number of carbonyl (C=O) groups is 1. The van der Waals surface area contributed by atoms with Crippen LogP contribution in [0.2, 0.25) is 0 Å². The first kappa shape index (κ1) is 17.6. The van der Waals surface area contributed by atoms with Gasteiger partial charge in [-0.1, -0.05) is 25.3 Å². The minimum Gasteiger partial charge on any atom is -0.389 e. The lowest BCUT2D eigenvalue weighted by atomic mass is 9.82. The van der Waals surface area contributed by atoms with Crippen LogP contribution in [0.4, 0.5) is 0 Å². The van der Waals surface area contributed by atoms with E-state index in [4.69, 9.17) is 0 Å². The topological polar surface area (TPSA) is 84.1 Å². The van der Waals surface area contributed by atoms with E-state index in [1.807, 2.05) is 22.4 Å². The number of thiophene rings is 1. The van der Waals surface area contributed by atoms with Crippen molar-refractivity contribution in [2.24, 2.45) is 0 Å². The van der Waals surface area contributed by atoms with E-state index in [2.05, 4.69) is 15.4 Å². The number of likely N-dealkylation sites (tertiary alicyclic amines) is 1. The third kappa shape index (κ3) is 3.81. The van der Waals surface area contributed by atoms with Crippen LogP contribution in [0.3, 0.4) is 0 Å². The van der Waals surface area contributed by atoms with Crippen LogP contribution < -0.4 is 0 Å². The van der Waals surface area contributed by atoms with Crippen LogP contribution in [-0.2, 0) is 11.3 Å². The molecule has 1 aliphatic heterocycles. The molecule has 2 aliphatic rings. The number of aliphatic hydroxyl groups is 1. The van der Waals surface area contributed by atoms with E-state index in [1.54, 1.807) is 16.1 Å². The minimum atomic E-state index is -0.805. The third-order valence-corrected chi connectivity index (χ3v) is 6.40. The second-order valence-electron chi connectivity index (χ2n) is 7.49. The molecule has 0 radical (unpaired) electrons. The predicted octanol–water partition coefficient (Wildman–Crippen LogP) is 2.48. The molecule has 0 bridgehead atoms. The van der Waals surface area contributed by atoms with Gasteiger partial charge in [0, 0.05) is 6.54 Å². The molecule has 140 valence electrons. The maximum atomic E-state index is 12.8. The molecule has 1 N–H and O–H groups in total. The number of hydrogen-bond donors (Lipinski definition) is 1. The van der Waals surface area contributed by atoms with Gasteiger partial charge >= 0.3 is 0 Å². The molecule has 0 unspecified atom stereocenters. The van der Waals surface area contributed by atoms with Gasteiger partial charge in [-0.2, -0.15) is 4.80 Å². The molecule has 2 aromatic heterocycles. The smallest absolute Gasteiger partial charge is 0.225 e. The lowest BCUT2D eigenvalue weighted by molar-refractivity contribution is -0.138. The Morgan fingerprint density at radius 2 is 2.15 bits per heavy atom. The molecule has 26 heavy (non-hydrogen) atoms. The van der Waals surface area contributed by atoms with Crippen LogP contribution in [0, 0.1) is 0 Å². The highest BCUT2D eigenvalue weighted by Gasteiger charge is 2.37. The molecule has 0 aromatic carbocycles. The Morgan fingerprint density at radius 3 is 2.92 bits per heavy atom. The number of aromatic nitrogens is 4. The molecule has 2 aromatic rings. The van der Waals surface area contributed by atoms with E-state index in [-0.39, 0.29) is 18.4 Å². The Hall–Kier alpha value is -1.80. The van der Waals surface area contributed by atoms with Gasteiger partial charge in [0.1, 0.15) is 0 Å². The molecule has 4 rings (SSSR count). The monoisotopic (exact) mass is 375 g/mol. The van der Waals surface area contributed by atoms with Gasteiger partial charge in [-0.05, 0) is 42.3 Å². The summed E-state index contributed by atoms with van der Waals surface area (Å²) in [5, 5.41) is 25.4. The Kier molecular flexibility index (Phi) is 5.04. The zero-order valence-electron chi connectivity index (χ0n) is 14.9. The van der Waals surface area contributed by atoms with E-state index in [0.29, 0.717) is 12.4 Å². The molecule has 7 nitrogen and oxygen atoms in total. The summed E-state index contributed by atoms with van der Waals surface area (Å²) in [6.07, 6.45) is 6.85. The third-order valence-electron chi connectivity index (χ3n) is 5.53. The lowest BCUT2D eigenvalue weighted by Crippen LogP contribution is -2.44. The van der Waals surface area contributed by atoms with Crippen molar-refractivity contribution < 1.29 is 9.90 Å². The second kappa shape index (κ2) is 7.44. The SMILES string of the molecule is O=C(CC1(O)CCCCC1)N1CCC[C@@H]1Cn1nnc(-c2cccs2)n1. The molecule has 0 spiro atoms. The maximum Gasteiger partial charge on any atom is 0.225 e. The maximum absolute atomic E-state index is 12.8. The molecule has 1 atom stereocenters. The van der Waals surface area contributed by atoms with Crippen molar-refractivity contribution in [3.8, 4) is 10.7 Å². The number of nitrogens with zero attached hydrogens (tertiary/aromatic N) is 5. The van der Waals surface area contributed by atoms with E-state index < -0.39 is 5.60 Å². The van der Waals surface area contributed by atoms with Crippen molar-refractivity contribution in [2.45, 2.75) is 69.6 Å². The van der Waals surface area contributed by atoms with E-state index in [9.17, 15) is 9.90 Å². The number of carbonyl (C=O) groups excluding carboxylic acids is 1. The highest BCUT2D eigenvalue weighted by molar-refractivity contribution is 7.13. The van der Waals surface area contributed by atoms with Gasteiger partial charge in [0.05, 0.1) is 29.5 Å². The van der Waals surface area contributed by atoms with Gasteiger partial charge in [0.15, 0.2) is 0 Å². The Balaban J connectivity index is 1.39. The number of amides is 1. The van der Waals surface area contributed by atoms with Crippen LogP contribution in [0.25, 0.3) is 10.7 Å². The average molecular weight is 375 g/mol. The first-order valence-corrected chi connectivity index (χ1v) is 10.3. The molecule has 3 heterocycles. The molecule has 2 fully saturated rings. The predicted molar refractivity (Wildman–Crippen MR) is 98.5 cm³/mol. The fourth-order valence-electron chi connectivity index (χ4n) is 4.14. The molecule has 1 amide bonds. The fourth-order valence-corrected chi connectivity index (χ4v) is 4.79. The van der Waals surface area contributed by atoms with Crippen molar-refractivity contribution in [3.63, 3.8) is 0 Å². The highest BCUT2D eigenvalue weighted by atomic mass is 32.1. The van der Waals surface area contributed by atoms with E-state index in [0.717, 1.165) is 56.4 Å². The molecule has 8 heteroatoms. The second-order valence-corrected chi connectivity index (χ2v) is 8.44. The molecule has 1 aliphatic carbocycles. The Bertz CT molecular complexity index is 739. The van der Waals surface area contributed by atoms with Gasteiger partial charge in [-0.15, -0.1) is 21.5 Å². The van der Waals surface area contributed by atoms with E-state index >= 15 is 0 Å². The first-order valence-electron chi connectivity index (χ1n) is 9.47. The Labute approximate surface area is 157 Å². The standard InChI is InChI=1S/C18H25N5O2S/c24-16(12-18(25)8-2-1-3-9-18)22-10-4-6-14(22)13-23-20-17(19-21-23)15-7-5-11-26-15/h5,7,11,14,25H,1-4,6,8-10,12-13H2/t14-/m1/s1. The van der Waals surface area contributed by atoms with Crippen molar-refractivity contribution >= 4 is 17.2 Å². The molecular weight excluding hydrogens is 350 g/mol. The summed E-state index contributed by atoms with van der Waals surface area (Å²) in [5.74, 6) is 0.697. The highest BCUT2D eigenvalue weighted by Crippen LogP contribution is 2.32. The van der Waals surface area contributed by atoms with Crippen LogP contribution in [-0.4, -0.2) is 54.3 Å². The van der Waals surface area contributed by atoms with Crippen molar-refractivity contribution in [1.82, 2.24) is 25.1 Å². The quantitative estimate of drug-likeness (QED) is 0.868. The lowest BCUT2D eigenvalue weighted by Gasteiger charge is -2.34. The largest absolute Gasteiger partial charge is 0.389 e. The van der Waals surface area contributed by atoms with Crippen LogP contribution in [0.15, 0.2) is 17.5 Å². The molecule has 1 saturated heterocycles. The van der Waals surface area contributed by atoms with Gasteiger partial charge in [-0.3, -0.25) is 4.79 Å². The Morgan fingerprint density at radius 1 is 1.31 bits per heavy atom. The summed E-state index contributed by atoms with van der Waals surface area (Å²) < 4.78 is 0. The number of rotatable bonds is 5. The van der Waals surface area contributed by atoms with Crippen LogP contribution >= 0.6 is 11.3 Å². The summed E-state index contributed by atoms with van der Waals surface area (Å²) in [5.41, 5.74) is -0.805. The molecule has 1 saturated carbocycles. The van der Waals surface area contributed by atoms with Crippen LogP contribution in [0.5, 0.6) is 0 Å². The fraction of sp³-hybridized carbons (Fsp3) is 0.667. The summed E-state index contributed by atoms with van der Waals surface area (Å²) in [7, 11) is 0. The average Bonchev–Trinajstić information content (AvgIpc) is 3.37. The van der Waals surface area contributed by atoms with Crippen molar-refractivity contribution in [1.29, 1.82) is 0 Å². The zero-order valence-corrected chi connectivity index (χ0v) is 15.7. The van der Waals surface area contributed by atoms with Gasteiger partial charge in [0.2, 0.25) is 11.7 Å². The number of hydrogen-bond acceptors (Lipinski definition) is 6. The van der Waals surface area contributed by atoms with Gasteiger partial charge in [0.25, 0.3) is 0 Å². The van der Waals surface area contributed by atoms with Crippen LogP contribution in [0.1, 0.15) is 51.4 Å². The minimum absolute atomic E-state index is 0.0653. The summed E-state index contributed by atoms with van der Waals surface area (Å²) >= 11 is 1.59. The normalized spacial score (nSPS) is 22.7.